The molecule has 0 radical (unpaired) electrons. The van der Waals surface area contributed by atoms with Crippen LogP contribution in [0.25, 0.3) is 0 Å². The summed E-state index contributed by atoms with van der Waals surface area (Å²) in [7, 11) is 1.98. The van der Waals surface area contributed by atoms with Crippen molar-refractivity contribution in [1.29, 1.82) is 0 Å². The fraction of sp³-hybridized carbons (Fsp3) is 0.812. The summed E-state index contributed by atoms with van der Waals surface area (Å²) in [4.78, 5) is 4.67. The molecule has 0 aliphatic carbocycles. The molecule has 0 fully saturated rings. The fourth-order valence-corrected chi connectivity index (χ4v) is 2.59. The Hall–Kier alpha value is -1.24. The van der Waals surface area contributed by atoms with E-state index < -0.39 is 0 Å². The Labute approximate surface area is 144 Å². The van der Waals surface area contributed by atoms with Crippen LogP contribution in [0.2, 0.25) is 0 Å². The van der Waals surface area contributed by atoms with Crippen LogP contribution in [0, 0.1) is 12.8 Å². The van der Waals surface area contributed by atoms with E-state index >= 15 is 0 Å². The molecule has 0 aliphatic rings. The summed E-state index contributed by atoms with van der Waals surface area (Å²) in [6.45, 7) is 8.86. The first-order valence-electron chi connectivity index (χ1n) is 8.48. The SMILES string of the molecule is CCC(CC)CNC(=NCc1nnc(C)n1C)NCCCSC. The molecule has 0 aliphatic heterocycles. The largest absolute Gasteiger partial charge is 0.356 e. The van der Waals surface area contributed by atoms with Gasteiger partial charge in [0.25, 0.3) is 0 Å². The lowest BCUT2D eigenvalue weighted by Crippen LogP contribution is -2.40. The van der Waals surface area contributed by atoms with Gasteiger partial charge in [0.15, 0.2) is 11.8 Å². The molecule has 0 spiro atoms. The van der Waals surface area contributed by atoms with Crippen molar-refractivity contribution >= 4 is 17.7 Å². The summed E-state index contributed by atoms with van der Waals surface area (Å²) in [6, 6.07) is 0. The van der Waals surface area contributed by atoms with Gasteiger partial charge in [0.05, 0.1) is 0 Å². The topological polar surface area (TPSA) is 67.1 Å². The van der Waals surface area contributed by atoms with Gasteiger partial charge in [-0.05, 0) is 31.3 Å². The molecule has 0 saturated heterocycles. The molecule has 2 N–H and O–H groups in total. The van der Waals surface area contributed by atoms with Crippen molar-refractivity contribution in [2.45, 2.75) is 46.6 Å². The lowest BCUT2D eigenvalue weighted by atomic mass is 10.0. The van der Waals surface area contributed by atoms with E-state index in [0.717, 1.165) is 42.9 Å². The Morgan fingerprint density at radius 3 is 2.57 bits per heavy atom. The minimum absolute atomic E-state index is 0.540. The zero-order chi connectivity index (χ0) is 17.1. The quantitative estimate of drug-likeness (QED) is 0.389. The second-order valence-corrected chi connectivity index (χ2v) is 6.71. The Kier molecular flexibility index (Phi) is 9.75. The molecule has 0 amide bonds. The molecule has 1 aromatic rings. The van der Waals surface area contributed by atoms with Crippen molar-refractivity contribution in [3.63, 3.8) is 0 Å². The van der Waals surface area contributed by atoms with Crippen molar-refractivity contribution in [3.8, 4) is 0 Å². The normalized spacial score (nSPS) is 12.0. The predicted molar refractivity (Wildman–Crippen MR) is 100.0 cm³/mol. The van der Waals surface area contributed by atoms with E-state index in [9.17, 15) is 0 Å². The van der Waals surface area contributed by atoms with Crippen molar-refractivity contribution in [2.24, 2.45) is 18.0 Å². The minimum Gasteiger partial charge on any atom is -0.356 e. The predicted octanol–water partition coefficient (Wildman–Crippen LogP) is 2.35. The number of rotatable bonds is 10. The molecule has 7 heteroatoms. The van der Waals surface area contributed by atoms with Gasteiger partial charge in [0.1, 0.15) is 12.4 Å². The first kappa shape index (κ1) is 19.8. The monoisotopic (exact) mass is 340 g/mol. The zero-order valence-corrected chi connectivity index (χ0v) is 16.0. The molecule has 6 nitrogen and oxygen atoms in total. The van der Waals surface area contributed by atoms with Crippen LogP contribution in [0.3, 0.4) is 0 Å². The molecule has 0 atom stereocenters. The van der Waals surface area contributed by atoms with Crippen LogP contribution in [0.4, 0.5) is 0 Å². The van der Waals surface area contributed by atoms with E-state index in [1.54, 1.807) is 0 Å². The van der Waals surface area contributed by atoms with E-state index in [4.69, 9.17) is 0 Å². The van der Waals surface area contributed by atoms with Gasteiger partial charge in [0, 0.05) is 20.1 Å². The fourth-order valence-electron chi connectivity index (χ4n) is 2.15. The van der Waals surface area contributed by atoms with Crippen molar-refractivity contribution in [3.05, 3.63) is 11.6 Å². The van der Waals surface area contributed by atoms with Crippen LogP contribution >= 0.6 is 11.8 Å². The minimum atomic E-state index is 0.540. The van der Waals surface area contributed by atoms with Gasteiger partial charge in [-0.25, -0.2) is 4.99 Å². The molecular formula is C16H32N6S. The van der Waals surface area contributed by atoms with Crippen molar-refractivity contribution < 1.29 is 0 Å². The van der Waals surface area contributed by atoms with Gasteiger partial charge in [-0.15, -0.1) is 10.2 Å². The summed E-state index contributed by atoms with van der Waals surface area (Å²) < 4.78 is 1.98. The van der Waals surface area contributed by atoms with E-state index in [2.05, 4.69) is 45.9 Å². The van der Waals surface area contributed by atoms with Crippen LogP contribution in [0.1, 0.15) is 44.8 Å². The highest BCUT2D eigenvalue weighted by atomic mass is 32.2. The number of hydrogen-bond acceptors (Lipinski definition) is 4. The lowest BCUT2D eigenvalue weighted by molar-refractivity contribution is 0.481. The molecule has 132 valence electrons. The third-order valence-corrected chi connectivity index (χ3v) is 4.79. The van der Waals surface area contributed by atoms with Gasteiger partial charge in [0.2, 0.25) is 0 Å². The third-order valence-electron chi connectivity index (χ3n) is 4.09. The number of nitrogens with one attached hydrogen (secondary N) is 2. The summed E-state index contributed by atoms with van der Waals surface area (Å²) in [5.41, 5.74) is 0. The van der Waals surface area contributed by atoms with Crippen molar-refractivity contribution in [1.82, 2.24) is 25.4 Å². The van der Waals surface area contributed by atoms with Gasteiger partial charge < -0.3 is 15.2 Å². The highest BCUT2D eigenvalue weighted by Gasteiger charge is 2.07. The average Bonchev–Trinajstić information content (AvgIpc) is 2.88. The summed E-state index contributed by atoms with van der Waals surface area (Å²) in [5.74, 6) is 4.52. The summed E-state index contributed by atoms with van der Waals surface area (Å²) in [6.07, 6.45) is 5.64. The molecule has 1 rings (SSSR count). The second-order valence-electron chi connectivity index (χ2n) is 5.72. The highest BCUT2D eigenvalue weighted by Crippen LogP contribution is 2.05. The molecule has 0 unspecified atom stereocenters. The Balaban J connectivity index is 2.60. The Bertz CT molecular complexity index is 467. The molecule has 0 saturated carbocycles. The maximum atomic E-state index is 4.67. The first-order valence-corrected chi connectivity index (χ1v) is 9.87. The maximum absolute atomic E-state index is 4.67. The molecule has 0 aromatic carbocycles. The summed E-state index contributed by atoms with van der Waals surface area (Å²) in [5, 5.41) is 15.1. The van der Waals surface area contributed by atoms with E-state index in [0.29, 0.717) is 12.5 Å². The van der Waals surface area contributed by atoms with Crippen LogP contribution < -0.4 is 10.6 Å². The standard InChI is InChI=1S/C16H32N6S/c1-6-14(7-2)11-18-16(17-9-8-10-23-5)19-12-15-21-20-13(3)22(15)4/h14H,6-12H2,1-5H3,(H2,17,18,19). The number of nitrogens with zero attached hydrogens (tertiary/aromatic N) is 4. The van der Waals surface area contributed by atoms with Crippen LogP contribution in [0.15, 0.2) is 4.99 Å². The van der Waals surface area contributed by atoms with Gasteiger partial charge in [-0.2, -0.15) is 11.8 Å². The van der Waals surface area contributed by atoms with Crippen LogP contribution in [-0.4, -0.2) is 45.8 Å². The molecule has 1 aromatic heterocycles. The van der Waals surface area contributed by atoms with Gasteiger partial charge >= 0.3 is 0 Å². The number of aromatic nitrogens is 3. The Morgan fingerprint density at radius 1 is 1.26 bits per heavy atom. The zero-order valence-electron chi connectivity index (χ0n) is 15.2. The van der Waals surface area contributed by atoms with E-state index in [1.165, 1.54) is 12.8 Å². The Morgan fingerprint density at radius 2 is 2.00 bits per heavy atom. The maximum Gasteiger partial charge on any atom is 0.191 e. The first-order chi connectivity index (χ1) is 11.1. The highest BCUT2D eigenvalue weighted by molar-refractivity contribution is 7.98. The molecule has 1 heterocycles. The molecule has 0 bridgehead atoms. The van der Waals surface area contributed by atoms with Gasteiger partial charge in [-0.3, -0.25) is 0 Å². The van der Waals surface area contributed by atoms with Crippen molar-refractivity contribution in [2.75, 3.05) is 25.1 Å². The van der Waals surface area contributed by atoms with Crippen LogP contribution in [-0.2, 0) is 13.6 Å². The number of aliphatic imine (C=N–C) groups is 1. The summed E-state index contributed by atoms with van der Waals surface area (Å²) >= 11 is 1.87. The smallest absolute Gasteiger partial charge is 0.191 e. The number of guanidine groups is 1. The third kappa shape index (κ3) is 7.24. The van der Waals surface area contributed by atoms with E-state index in [-0.39, 0.29) is 0 Å². The van der Waals surface area contributed by atoms with Gasteiger partial charge in [-0.1, -0.05) is 26.7 Å². The lowest BCUT2D eigenvalue weighted by Gasteiger charge is -2.17. The van der Waals surface area contributed by atoms with Crippen LogP contribution in [0.5, 0.6) is 0 Å². The average molecular weight is 341 g/mol. The molecular weight excluding hydrogens is 308 g/mol. The number of hydrogen-bond donors (Lipinski definition) is 2. The van der Waals surface area contributed by atoms with E-state index in [1.807, 2.05) is 30.3 Å². The second kappa shape index (κ2) is 11.3. The number of aryl methyl sites for hydroxylation is 1. The number of thioether (sulfide) groups is 1. The molecule has 23 heavy (non-hydrogen) atoms.